The normalized spacial score (nSPS) is 10.1. The number of aryl methyl sites for hydroxylation is 1. The summed E-state index contributed by atoms with van der Waals surface area (Å²) < 4.78 is 0. The minimum Gasteiger partial charge on any atom is -0.384 e. The molecule has 0 fully saturated rings. The lowest BCUT2D eigenvalue weighted by molar-refractivity contribution is 1.21. The van der Waals surface area contributed by atoms with Gasteiger partial charge in [-0.3, -0.25) is 0 Å². The number of hydrogen-bond acceptors (Lipinski definition) is 3. The van der Waals surface area contributed by atoms with Crippen LogP contribution in [0.3, 0.4) is 0 Å². The maximum absolute atomic E-state index is 5.81. The first-order chi connectivity index (χ1) is 7.65. The Kier molecular flexibility index (Phi) is 2.97. The molecule has 0 amide bonds. The van der Waals surface area contributed by atoms with E-state index < -0.39 is 0 Å². The number of anilines is 3. The molecule has 2 rings (SSSR count). The first kappa shape index (κ1) is 10.8. The third kappa shape index (κ3) is 2.44. The van der Waals surface area contributed by atoms with Crippen LogP contribution in [0.4, 0.5) is 17.2 Å². The van der Waals surface area contributed by atoms with Gasteiger partial charge >= 0.3 is 0 Å². The molecule has 3 N–H and O–H groups in total. The lowest BCUT2D eigenvalue weighted by Crippen LogP contribution is -1.98. The molecule has 1 aromatic heterocycles. The van der Waals surface area contributed by atoms with Gasteiger partial charge in [-0.05, 0) is 43.3 Å². The summed E-state index contributed by atoms with van der Waals surface area (Å²) in [6.45, 7) is 1.91. The minimum atomic E-state index is 0.527. The molecule has 1 heterocycles. The quantitative estimate of drug-likeness (QED) is 0.836. The number of halogens is 1. The number of aromatic nitrogens is 1. The van der Waals surface area contributed by atoms with Crippen molar-refractivity contribution in [2.24, 2.45) is 0 Å². The zero-order valence-electron chi connectivity index (χ0n) is 8.87. The number of nitrogens with zero attached hydrogens (tertiary/aromatic N) is 1. The van der Waals surface area contributed by atoms with E-state index in [1.54, 1.807) is 6.07 Å². The first-order valence-corrected chi connectivity index (χ1v) is 5.28. The van der Waals surface area contributed by atoms with Gasteiger partial charge in [-0.25, -0.2) is 4.98 Å². The summed E-state index contributed by atoms with van der Waals surface area (Å²) in [5.74, 6) is 0.527. The van der Waals surface area contributed by atoms with E-state index in [9.17, 15) is 0 Å². The van der Waals surface area contributed by atoms with Crippen molar-refractivity contribution < 1.29 is 0 Å². The van der Waals surface area contributed by atoms with Gasteiger partial charge in [0.2, 0.25) is 0 Å². The molecule has 0 aliphatic carbocycles. The number of pyridine rings is 1. The zero-order chi connectivity index (χ0) is 11.5. The number of nitrogens with two attached hydrogens (primary N) is 1. The van der Waals surface area contributed by atoms with Gasteiger partial charge in [-0.1, -0.05) is 11.6 Å². The van der Waals surface area contributed by atoms with Gasteiger partial charge in [-0.2, -0.15) is 0 Å². The second-order valence-electron chi connectivity index (χ2n) is 3.50. The van der Waals surface area contributed by atoms with Crippen LogP contribution in [0.15, 0.2) is 36.4 Å². The van der Waals surface area contributed by atoms with Crippen LogP contribution in [-0.4, -0.2) is 4.98 Å². The molecule has 0 aliphatic heterocycles. The highest BCUT2D eigenvalue weighted by molar-refractivity contribution is 6.30. The van der Waals surface area contributed by atoms with Crippen LogP contribution in [0.25, 0.3) is 0 Å². The second kappa shape index (κ2) is 4.41. The Hall–Kier alpha value is -1.74. The summed E-state index contributed by atoms with van der Waals surface area (Å²) in [6.07, 6.45) is 0. The standard InChI is InChI=1S/C12H12ClN3/c1-8-11(6-7-12(14)15-8)16-10-4-2-9(13)3-5-10/h2-7,16H,1H3,(H2,14,15). The van der Waals surface area contributed by atoms with Crippen LogP contribution in [-0.2, 0) is 0 Å². The molecule has 82 valence electrons. The molecular weight excluding hydrogens is 222 g/mol. The molecular formula is C12H12ClN3. The van der Waals surface area contributed by atoms with E-state index in [2.05, 4.69) is 10.3 Å². The monoisotopic (exact) mass is 233 g/mol. The number of nitrogen functional groups attached to an aromatic ring is 1. The van der Waals surface area contributed by atoms with Gasteiger partial charge in [0, 0.05) is 10.7 Å². The predicted molar refractivity (Wildman–Crippen MR) is 68.1 cm³/mol. The fourth-order valence-corrected chi connectivity index (χ4v) is 1.53. The van der Waals surface area contributed by atoms with Crippen LogP contribution < -0.4 is 11.1 Å². The Labute approximate surface area is 99.3 Å². The first-order valence-electron chi connectivity index (χ1n) is 4.91. The van der Waals surface area contributed by atoms with Gasteiger partial charge < -0.3 is 11.1 Å². The number of nitrogens with one attached hydrogen (secondary N) is 1. The van der Waals surface area contributed by atoms with E-state index in [1.165, 1.54) is 0 Å². The maximum Gasteiger partial charge on any atom is 0.123 e. The van der Waals surface area contributed by atoms with E-state index in [0.29, 0.717) is 5.82 Å². The molecule has 0 bridgehead atoms. The number of rotatable bonds is 2. The largest absolute Gasteiger partial charge is 0.384 e. The third-order valence-electron chi connectivity index (χ3n) is 2.23. The van der Waals surface area contributed by atoms with Crippen LogP contribution in [0, 0.1) is 6.92 Å². The lowest BCUT2D eigenvalue weighted by Gasteiger charge is -2.09. The molecule has 0 saturated heterocycles. The molecule has 0 aliphatic rings. The van der Waals surface area contributed by atoms with Crippen LogP contribution in [0.5, 0.6) is 0 Å². The van der Waals surface area contributed by atoms with Gasteiger partial charge in [0.25, 0.3) is 0 Å². The van der Waals surface area contributed by atoms with Crippen molar-refractivity contribution in [1.29, 1.82) is 0 Å². The SMILES string of the molecule is Cc1nc(N)ccc1Nc1ccc(Cl)cc1. The topological polar surface area (TPSA) is 50.9 Å². The van der Waals surface area contributed by atoms with Crippen LogP contribution in [0.2, 0.25) is 5.02 Å². The molecule has 16 heavy (non-hydrogen) atoms. The van der Waals surface area contributed by atoms with E-state index >= 15 is 0 Å². The van der Waals surface area contributed by atoms with E-state index in [-0.39, 0.29) is 0 Å². The van der Waals surface area contributed by atoms with E-state index in [4.69, 9.17) is 17.3 Å². The number of hydrogen-bond donors (Lipinski definition) is 2. The Balaban J connectivity index is 2.23. The molecule has 1 aromatic carbocycles. The van der Waals surface area contributed by atoms with Crippen molar-refractivity contribution in [2.45, 2.75) is 6.92 Å². The van der Waals surface area contributed by atoms with Crippen LogP contribution in [0.1, 0.15) is 5.69 Å². The van der Waals surface area contributed by atoms with Crippen molar-refractivity contribution in [3.05, 3.63) is 47.1 Å². The predicted octanol–water partition coefficient (Wildman–Crippen LogP) is 3.37. The molecule has 0 atom stereocenters. The molecule has 3 nitrogen and oxygen atoms in total. The molecule has 0 unspecified atom stereocenters. The fraction of sp³-hybridized carbons (Fsp3) is 0.0833. The van der Waals surface area contributed by atoms with E-state index in [1.807, 2.05) is 37.3 Å². The van der Waals surface area contributed by atoms with Crippen LogP contribution >= 0.6 is 11.6 Å². The van der Waals surface area contributed by atoms with Crippen molar-refractivity contribution in [1.82, 2.24) is 4.98 Å². The van der Waals surface area contributed by atoms with Gasteiger partial charge in [0.1, 0.15) is 5.82 Å². The van der Waals surface area contributed by atoms with Crippen molar-refractivity contribution in [2.75, 3.05) is 11.1 Å². The molecule has 0 spiro atoms. The zero-order valence-corrected chi connectivity index (χ0v) is 9.62. The van der Waals surface area contributed by atoms with Crippen molar-refractivity contribution in [3.8, 4) is 0 Å². The average Bonchev–Trinajstić information content (AvgIpc) is 2.25. The molecule has 4 heteroatoms. The summed E-state index contributed by atoms with van der Waals surface area (Å²) in [4.78, 5) is 4.18. The Morgan fingerprint density at radius 2 is 1.81 bits per heavy atom. The Morgan fingerprint density at radius 1 is 1.12 bits per heavy atom. The third-order valence-corrected chi connectivity index (χ3v) is 2.48. The second-order valence-corrected chi connectivity index (χ2v) is 3.94. The summed E-state index contributed by atoms with van der Waals surface area (Å²) in [6, 6.07) is 11.2. The lowest BCUT2D eigenvalue weighted by atomic mass is 10.2. The van der Waals surface area contributed by atoms with Crippen molar-refractivity contribution in [3.63, 3.8) is 0 Å². The van der Waals surface area contributed by atoms with Gasteiger partial charge in [-0.15, -0.1) is 0 Å². The summed E-state index contributed by atoms with van der Waals surface area (Å²) in [7, 11) is 0. The summed E-state index contributed by atoms with van der Waals surface area (Å²) in [5, 5.41) is 3.97. The molecule has 0 radical (unpaired) electrons. The van der Waals surface area contributed by atoms with Gasteiger partial charge in [0.15, 0.2) is 0 Å². The minimum absolute atomic E-state index is 0.527. The highest BCUT2D eigenvalue weighted by Gasteiger charge is 2.00. The number of benzene rings is 1. The maximum atomic E-state index is 5.81. The highest BCUT2D eigenvalue weighted by atomic mass is 35.5. The fourth-order valence-electron chi connectivity index (χ4n) is 1.40. The van der Waals surface area contributed by atoms with Crippen molar-refractivity contribution >= 4 is 28.8 Å². The van der Waals surface area contributed by atoms with Gasteiger partial charge in [0.05, 0.1) is 11.4 Å². The molecule has 0 saturated carbocycles. The van der Waals surface area contributed by atoms with E-state index in [0.717, 1.165) is 22.1 Å². The average molecular weight is 234 g/mol. The smallest absolute Gasteiger partial charge is 0.123 e. The highest BCUT2D eigenvalue weighted by Crippen LogP contribution is 2.21. The summed E-state index contributed by atoms with van der Waals surface area (Å²) >= 11 is 5.81. The molecule has 2 aromatic rings. The summed E-state index contributed by atoms with van der Waals surface area (Å²) in [5.41, 5.74) is 8.37. The Bertz CT molecular complexity index is 494. The Morgan fingerprint density at radius 3 is 2.44 bits per heavy atom.